The molecule has 12 heteroatoms. The zero-order valence-corrected chi connectivity index (χ0v) is 15.1. The van der Waals surface area contributed by atoms with E-state index in [-0.39, 0.29) is 12.2 Å². The van der Waals surface area contributed by atoms with E-state index in [0.717, 1.165) is 22.7 Å². The molecule has 0 spiro atoms. The number of para-hydroxylation sites is 1. The van der Waals surface area contributed by atoms with Gasteiger partial charge in [-0.3, -0.25) is 10.1 Å². The largest absolute Gasteiger partial charge is 0.501 e. The fourth-order valence-electron chi connectivity index (χ4n) is 2.60. The number of benzene rings is 2. The lowest BCUT2D eigenvalue weighted by atomic mass is 10.2. The number of fused-ring (bicyclic) bond motifs is 1. The third-order valence-electron chi connectivity index (χ3n) is 3.99. The molecule has 0 aliphatic heterocycles. The van der Waals surface area contributed by atoms with Gasteiger partial charge in [-0.05, 0) is 30.7 Å². The lowest BCUT2D eigenvalue weighted by Gasteiger charge is -2.10. The van der Waals surface area contributed by atoms with Crippen LogP contribution < -0.4 is 5.32 Å². The average Bonchev–Trinajstić information content (AvgIpc) is 3.03. The van der Waals surface area contributed by atoms with Crippen molar-refractivity contribution >= 4 is 32.2 Å². The van der Waals surface area contributed by atoms with E-state index in [0.29, 0.717) is 18.0 Å². The monoisotopic (exact) mass is 414 g/mol. The normalized spacial score (nSPS) is 12.3. The van der Waals surface area contributed by atoms with E-state index in [2.05, 4.69) is 15.3 Å². The van der Waals surface area contributed by atoms with Crippen LogP contribution in [-0.2, 0) is 16.4 Å². The Balaban J connectivity index is 1.91. The van der Waals surface area contributed by atoms with Crippen molar-refractivity contribution in [3.63, 3.8) is 0 Å². The van der Waals surface area contributed by atoms with Gasteiger partial charge in [0.1, 0.15) is 11.5 Å². The summed E-state index contributed by atoms with van der Waals surface area (Å²) in [6.45, 7) is 1.88. The Kier molecular flexibility index (Phi) is 4.75. The summed E-state index contributed by atoms with van der Waals surface area (Å²) in [6, 6.07) is 7.47. The Hall–Kier alpha value is -3.15. The molecular weight excluding hydrogens is 401 g/mol. The van der Waals surface area contributed by atoms with Gasteiger partial charge < -0.3 is 10.3 Å². The van der Waals surface area contributed by atoms with Gasteiger partial charge in [-0.2, -0.15) is 13.2 Å². The molecule has 2 N–H and O–H groups in total. The van der Waals surface area contributed by atoms with Crippen LogP contribution in [0.1, 0.15) is 11.4 Å². The van der Waals surface area contributed by atoms with Crippen molar-refractivity contribution < 1.29 is 26.5 Å². The first-order valence-corrected chi connectivity index (χ1v) is 9.27. The van der Waals surface area contributed by atoms with Crippen molar-refractivity contribution in [1.82, 2.24) is 9.97 Å². The lowest BCUT2D eigenvalue weighted by molar-refractivity contribution is -0.384. The fraction of sp³-hybridized carbons (Fsp3) is 0.188. The van der Waals surface area contributed by atoms with E-state index in [1.807, 2.05) is 19.1 Å². The highest BCUT2D eigenvalue weighted by atomic mass is 32.2. The third-order valence-corrected chi connectivity index (χ3v) is 5.47. The van der Waals surface area contributed by atoms with E-state index in [4.69, 9.17) is 0 Å². The van der Waals surface area contributed by atoms with Gasteiger partial charge in [0, 0.05) is 6.07 Å². The molecule has 0 unspecified atom stereocenters. The van der Waals surface area contributed by atoms with Crippen LogP contribution in [0, 0.1) is 17.0 Å². The van der Waals surface area contributed by atoms with Crippen molar-refractivity contribution in [2.75, 3.05) is 5.32 Å². The Morgan fingerprint density at radius 1 is 1.25 bits per heavy atom. The van der Waals surface area contributed by atoms with Crippen LogP contribution in [0.25, 0.3) is 11.0 Å². The molecule has 0 amide bonds. The molecule has 8 nitrogen and oxygen atoms in total. The van der Waals surface area contributed by atoms with E-state index >= 15 is 0 Å². The van der Waals surface area contributed by atoms with E-state index in [1.165, 1.54) is 0 Å². The van der Waals surface area contributed by atoms with Crippen LogP contribution in [0.3, 0.4) is 0 Å². The minimum Gasteiger partial charge on any atom is -0.372 e. The lowest BCUT2D eigenvalue weighted by Crippen LogP contribution is -2.23. The minimum atomic E-state index is -5.69. The molecule has 1 aromatic heterocycles. The molecule has 0 atom stereocenters. The second-order valence-corrected chi connectivity index (χ2v) is 7.83. The molecule has 1 heterocycles. The quantitative estimate of drug-likeness (QED) is 0.486. The predicted molar refractivity (Wildman–Crippen MR) is 94.5 cm³/mol. The van der Waals surface area contributed by atoms with Crippen molar-refractivity contribution in [1.29, 1.82) is 0 Å². The van der Waals surface area contributed by atoms with Gasteiger partial charge in [0.05, 0.1) is 27.4 Å². The molecule has 148 valence electrons. The number of nitrogens with zero attached hydrogens (tertiary/aromatic N) is 2. The number of nitrogens with one attached hydrogen (secondary N) is 2. The summed E-state index contributed by atoms with van der Waals surface area (Å²) in [5, 5.41) is 13.9. The van der Waals surface area contributed by atoms with Crippen molar-refractivity contribution in [3.05, 3.63) is 57.9 Å². The highest BCUT2D eigenvalue weighted by Gasteiger charge is 2.47. The summed E-state index contributed by atoms with van der Waals surface area (Å²) in [4.78, 5) is 16.4. The number of halogens is 3. The maximum absolute atomic E-state index is 12.7. The highest BCUT2D eigenvalue weighted by Crippen LogP contribution is 2.34. The standard InChI is InChI=1S/C16H13F3N4O4S/c1-9-3-2-4-12-15(9)22-14(21-12)8-20-11-6-5-10(7-13(11)23(24)25)28(26,27)16(17,18)19/h2-7,20H,8H2,1H3,(H,21,22). The van der Waals surface area contributed by atoms with Gasteiger partial charge in [-0.25, -0.2) is 13.4 Å². The van der Waals surface area contributed by atoms with Gasteiger partial charge in [0.2, 0.25) is 0 Å². The number of aryl methyl sites for hydroxylation is 1. The third kappa shape index (κ3) is 3.50. The first kappa shape index (κ1) is 19.6. The van der Waals surface area contributed by atoms with Gasteiger partial charge in [-0.1, -0.05) is 12.1 Å². The summed E-state index contributed by atoms with van der Waals surface area (Å²) < 4.78 is 60.9. The van der Waals surface area contributed by atoms with Crippen LogP contribution in [-0.4, -0.2) is 28.8 Å². The number of hydrogen-bond acceptors (Lipinski definition) is 6. The zero-order valence-electron chi connectivity index (χ0n) is 14.2. The molecule has 0 radical (unpaired) electrons. The van der Waals surface area contributed by atoms with Gasteiger partial charge in [-0.15, -0.1) is 0 Å². The number of nitro groups is 1. The number of sulfone groups is 1. The number of alkyl halides is 3. The maximum Gasteiger partial charge on any atom is 0.501 e. The number of H-pyrrole nitrogens is 1. The van der Waals surface area contributed by atoms with Crippen LogP contribution in [0.4, 0.5) is 24.5 Å². The minimum absolute atomic E-state index is 0.0142. The molecule has 0 aliphatic carbocycles. The molecule has 0 bridgehead atoms. The molecule has 0 saturated carbocycles. The number of aromatic nitrogens is 2. The van der Waals surface area contributed by atoms with E-state index in [1.54, 1.807) is 6.07 Å². The van der Waals surface area contributed by atoms with Gasteiger partial charge in [0.15, 0.2) is 0 Å². The summed E-state index contributed by atoms with van der Waals surface area (Å²) in [7, 11) is -5.69. The Labute approximate surface area is 156 Å². The van der Waals surface area contributed by atoms with Crippen molar-refractivity contribution in [2.24, 2.45) is 0 Å². The van der Waals surface area contributed by atoms with Crippen LogP contribution in [0.15, 0.2) is 41.3 Å². The first-order chi connectivity index (χ1) is 13.0. The number of hydrogen-bond donors (Lipinski definition) is 2. The Morgan fingerprint density at radius 2 is 1.96 bits per heavy atom. The molecule has 2 aromatic carbocycles. The number of imidazole rings is 1. The molecule has 0 saturated heterocycles. The Morgan fingerprint density at radius 3 is 2.57 bits per heavy atom. The molecule has 3 rings (SSSR count). The highest BCUT2D eigenvalue weighted by molar-refractivity contribution is 7.92. The number of anilines is 1. The van der Waals surface area contributed by atoms with E-state index < -0.39 is 30.9 Å². The smallest absolute Gasteiger partial charge is 0.372 e. The SMILES string of the molecule is Cc1cccc2[nH]c(CNc3ccc(S(=O)(=O)C(F)(F)F)cc3[N+](=O)[O-])nc12. The van der Waals surface area contributed by atoms with Crippen molar-refractivity contribution in [2.45, 2.75) is 23.9 Å². The predicted octanol–water partition coefficient (Wildman–Crippen LogP) is 3.69. The summed E-state index contributed by atoms with van der Waals surface area (Å²) in [6.07, 6.45) is 0. The van der Waals surface area contributed by atoms with Crippen LogP contribution in [0.2, 0.25) is 0 Å². The van der Waals surface area contributed by atoms with E-state index in [9.17, 15) is 31.7 Å². The van der Waals surface area contributed by atoms with Crippen LogP contribution >= 0.6 is 0 Å². The topological polar surface area (TPSA) is 118 Å². The molecular formula is C16H13F3N4O4S. The summed E-state index contributed by atoms with van der Waals surface area (Å²) in [5.74, 6) is 0.450. The summed E-state index contributed by atoms with van der Waals surface area (Å²) in [5.41, 5.74) is -4.07. The van der Waals surface area contributed by atoms with Crippen molar-refractivity contribution in [3.8, 4) is 0 Å². The van der Waals surface area contributed by atoms with Crippen LogP contribution in [0.5, 0.6) is 0 Å². The summed E-state index contributed by atoms with van der Waals surface area (Å²) >= 11 is 0. The maximum atomic E-state index is 12.7. The molecule has 3 aromatic rings. The number of nitro benzene ring substituents is 1. The number of aromatic amines is 1. The second kappa shape index (κ2) is 6.78. The first-order valence-electron chi connectivity index (χ1n) is 7.78. The average molecular weight is 414 g/mol. The number of rotatable bonds is 5. The second-order valence-electron chi connectivity index (χ2n) is 5.89. The Bertz CT molecular complexity index is 1170. The fourth-order valence-corrected chi connectivity index (χ4v) is 3.38. The molecule has 28 heavy (non-hydrogen) atoms. The molecule has 0 fully saturated rings. The zero-order chi connectivity index (χ0) is 20.7. The van der Waals surface area contributed by atoms with Gasteiger partial charge >= 0.3 is 5.51 Å². The van der Waals surface area contributed by atoms with Gasteiger partial charge in [0.25, 0.3) is 15.5 Å². The molecule has 0 aliphatic rings.